The predicted molar refractivity (Wildman–Crippen MR) is 90.0 cm³/mol. The molecule has 1 unspecified atom stereocenters. The largest absolute Gasteiger partial charge is 0.394 e. The molecule has 0 aliphatic rings. The van der Waals surface area contributed by atoms with Crippen molar-refractivity contribution in [2.45, 2.75) is 88.9 Å². The Hall–Kier alpha value is -0.530. The van der Waals surface area contributed by atoms with E-state index in [1.165, 1.54) is 32.1 Å². The molecule has 0 aromatic heterocycles. The third-order valence-corrected chi connectivity index (χ3v) is 4.10. The van der Waals surface area contributed by atoms with Gasteiger partial charge in [0.25, 0.3) is 0 Å². The van der Waals surface area contributed by atoms with Gasteiger partial charge in [-0.1, -0.05) is 57.8 Å². The predicted octanol–water partition coefficient (Wildman–Crippen LogP) is 0.880. The van der Waals surface area contributed by atoms with E-state index in [2.05, 4.69) is 0 Å². The summed E-state index contributed by atoms with van der Waals surface area (Å²) >= 11 is 0. The molecule has 0 heterocycles. The van der Waals surface area contributed by atoms with Crippen molar-refractivity contribution in [1.82, 2.24) is 0 Å². The highest BCUT2D eigenvalue weighted by atomic mass is 16.4. The summed E-state index contributed by atoms with van der Waals surface area (Å²) in [6, 6.07) is 0. The van der Waals surface area contributed by atoms with Crippen LogP contribution in [0.25, 0.3) is 0 Å². The first-order valence-electron chi connectivity index (χ1n) is 8.93. The van der Waals surface area contributed by atoms with Crippen molar-refractivity contribution in [2.75, 3.05) is 13.2 Å². The number of unbranched alkanes of at least 4 members (excludes halogenated alkanes) is 9. The van der Waals surface area contributed by atoms with Crippen LogP contribution in [0.5, 0.6) is 0 Å². The fraction of sp³-hybridized carbons (Fsp3) is 0.941. The van der Waals surface area contributed by atoms with Gasteiger partial charge in [0.15, 0.2) is 5.78 Å². The van der Waals surface area contributed by atoms with Gasteiger partial charge in [-0.3, -0.25) is 4.79 Å². The lowest BCUT2D eigenvalue weighted by atomic mass is 9.99. The quantitative estimate of drug-likeness (QED) is 0.267. The first-order chi connectivity index (χ1) is 11.0. The van der Waals surface area contributed by atoms with Crippen molar-refractivity contribution in [2.24, 2.45) is 5.73 Å². The maximum Gasteiger partial charge on any atom is 0.192 e. The van der Waals surface area contributed by atoms with E-state index in [1.54, 1.807) is 0 Å². The maximum absolute atomic E-state index is 11.6. The van der Waals surface area contributed by atoms with Gasteiger partial charge in [-0.25, -0.2) is 0 Å². The van der Waals surface area contributed by atoms with Crippen LogP contribution in [0.1, 0.15) is 70.6 Å². The van der Waals surface area contributed by atoms with Gasteiger partial charge in [-0.15, -0.1) is 0 Å². The third-order valence-electron chi connectivity index (χ3n) is 4.10. The molecule has 6 N–H and O–H groups in total. The maximum atomic E-state index is 11.6. The van der Waals surface area contributed by atoms with Crippen molar-refractivity contribution >= 4 is 5.78 Å². The van der Waals surface area contributed by atoms with Crippen LogP contribution < -0.4 is 5.73 Å². The van der Waals surface area contributed by atoms with Gasteiger partial charge in [0, 0.05) is 0 Å². The molecule has 0 aromatic rings. The van der Waals surface area contributed by atoms with Crippen molar-refractivity contribution in [1.29, 1.82) is 0 Å². The fourth-order valence-corrected chi connectivity index (χ4v) is 2.53. The van der Waals surface area contributed by atoms with E-state index in [0.29, 0.717) is 6.42 Å². The molecule has 23 heavy (non-hydrogen) atoms. The molecule has 0 saturated heterocycles. The molecule has 0 aliphatic heterocycles. The average Bonchev–Trinajstić information content (AvgIpc) is 2.57. The Bertz CT molecular complexity index is 288. The monoisotopic (exact) mass is 333 g/mol. The Labute approximate surface area is 139 Å². The van der Waals surface area contributed by atoms with Gasteiger partial charge >= 0.3 is 0 Å². The second-order valence-electron chi connectivity index (χ2n) is 6.23. The van der Waals surface area contributed by atoms with E-state index in [1.807, 2.05) is 0 Å². The number of aliphatic hydroxyl groups excluding tert-OH is 4. The highest BCUT2D eigenvalue weighted by Crippen LogP contribution is 2.13. The van der Waals surface area contributed by atoms with Crippen LogP contribution in [-0.4, -0.2) is 57.7 Å². The van der Waals surface area contributed by atoms with Crippen LogP contribution >= 0.6 is 0 Å². The average molecular weight is 333 g/mol. The zero-order chi connectivity index (χ0) is 17.5. The lowest BCUT2D eigenvalue weighted by molar-refractivity contribution is -0.143. The number of carbonyl (C=O) groups excluding carboxylic acids is 1. The normalized spacial score (nSPS) is 15.3. The van der Waals surface area contributed by atoms with Gasteiger partial charge in [0.1, 0.15) is 18.3 Å². The number of ketones is 1. The van der Waals surface area contributed by atoms with Crippen LogP contribution in [0.4, 0.5) is 0 Å². The fourth-order valence-electron chi connectivity index (χ4n) is 2.53. The number of rotatable bonds is 16. The van der Waals surface area contributed by atoms with Crippen molar-refractivity contribution < 1.29 is 25.2 Å². The van der Waals surface area contributed by atoms with Crippen LogP contribution in [0.3, 0.4) is 0 Å². The highest BCUT2D eigenvalue weighted by molar-refractivity contribution is 5.87. The van der Waals surface area contributed by atoms with Gasteiger partial charge in [0.05, 0.1) is 6.61 Å². The lowest BCUT2D eigenvalue weighted by Gasteiger charge is -2.17. The van der Waals surface area contributed by atoms with Gasteiger partial charge in [-0.2, -0.15) is 0 Å². The topological polar surface area (TPSA) is 124 Å². The van der Waals surface area contributed by atoms with E-state index >= 15 is 0 Å². The first-order valence-corrected chi connectivity index (χ1v) is 8.93. The molecule has 0 aliphatic carbocycles. The molecule has 6 heteroatoms. The number of hydrogen-bond donors (Lipinski definition) is 5. The second kappa shape index (κ2) is 15.0. The molecule has 0 rings (SSSR count). The molecule has 0 amide bonds. The molecule has 0 fully saturated rings. The standard InChI is InChI=1S/C17H35NO5/c18-12-10-8-6-4-2-1-3-5-7-9-11-14(20)16(22)17(23)15(21)13-19/h14-15,17,19-21,23H,1-13,18H2/t14?,15-,17-/m1/s1. The summed E-state index contributed by atoms with van der Waals surface area (Å²) in [5.74, 6) is -0.816. The van der Waals surface area contributed by atoms with E-state index in [-0.39, 0.29) is 6.42 Å². The Morgan fingerprint density at radius 3 is 1.65 bits per heavy atom. The number of carbonyl (C=O) groups is 1. The van der Waals surface area contributed by atoms with E-state index < -0.39 is 30.7 Å². The smallest absolute Gasteiger partial charge is 0.192 e. The molecule has 138 valence electrons. The number of hydrogen-bond acceptors (Lipinski definition) is 6. The Balaban J connectivity index is 3.48. The third kappa shape index (κ3) is 11.6. The summed E-state index contributed by atoms with van der Waals surface area (Å²) < 4.78 is 0. The molecule has 0 spiro atoms. The molecule has 0 aromatic carbocycles. The Morgan fingerprint density at radius 1 is 0.783 bits per heavy atom. The minimum atomic E-state index is -1.71. The molecular weight excluding hydrogens is 298 g/mol. The minimum absolute atomic E-state index is 0.285. The van der Waals surface area contributed by atoms with Crippen LogP contribution in [-0.2, 0) is 4.79 Å². The second-order valence-corrected chi connectivity index (χ2v) is 6.23. The summed E-state index contributed by atoms with van der Waals surface area (Å²) in [7, 11) is 0. The SMILES string of the molecule is NCCCCCCCCCCCCC(O)C(=O)[C@H](O)[C@H](O)CO. The Kier molecular flexibility index (Phi) is 14.7. The van der Waals surface area contributed by atoms with Crippen LogP contribution in [0.15, 0.2) is 0 Å². The number of aliphatic hydroxyl groups is 4. The summed E-state index contributed by atoms with van der Waals surface area (Å²) in [6.07, 6.45) is 6.98. The molecule has 3 atom stereocenters. The molecular formula is C17H35NO5. The first kappa shape index (κ1) is 22.5. The zero-order valence-corrected chi connectivity index (χ0v) is 14.2. The van der Waals surface area contributed by atoms with E-state index in [9.17, 15) is 15.0 Å². The van der Waals surface area contributed by atoms with Gasteiger partial charge < -0.3 is 26.2 Å². The zero-order valence-electron chi connectivity index (χ0n) is 14.2. The van der Waals surface area contributed by atoms with Crippen LogP contribution in [0, 0.1) is 0 Å². The van der Waals surface area contributed by atoms with E-state index in [4.69, 9.17) is 15.9 Å². The minimum Gasteiger partial charge on any atom is -0.394 e. The van der Waals surface area contributed by atoms with Crippen molar-refractivity contribution in [3.63, 3.8) is 0 Å². The summed E-state index contributed by atoms with van der Waals surface area (Å²) in [5.41, 5.74) is 5.44. The van der Waals surface area contributed by atoms with Crippen LogP contribution in [0.2, 0.25) is 0 Å². The van der Waals surface area contributed by atoms with Crippen molar-refractivity contribution in [3.05, 3.63) is 0 Å². The van der Waals surface area contributed by atoms with E-state index in [0.717, 1.165) is 32.2 Å². The lowest BCUT2D eigenvalue weighted by Crippen LogP contribution is -2.42. The summed E-state index contributed by atoms with van der Waals surface area (Å²) in [6.45, 7) is 0.0796. The molecule has 0 bridgehead atoms. The summed E-state index contributed by atoms with van der Waals surface area (Å²) in [4.78, 5) is 11.6. The number of nitrogens with two attached hydrogens (primary N) is 1. The number of Topliss-reactive ketones (excluding diaryl/α,β-unsaturated/α-hetero) is 1. The highest BCUT2D eigenvalue weighted by Gasteiger charge is 2.28. The van der Waals surface area contributed by atoms with Gasteiger partial charge in [0.2, 0.25) is 0 Å². The molecule has 0 saturated carbocycles. The molecule has 0 radical (unpaired) electrons. The Morgan fingerprint density at radius 2 is 1.22 bits per heavy atom. The summed E-state index contributed by atoms with van der Waals surface area (Å²) in [5, 5.41) is 36.9. The molecule has 6 nitrogen and oxygen atoms in total. The van der Waals surface area contributed by atoms with Gasteiger partial charge in [-0.05, 0) is 19.4 Å². The van der Waals surface area contributed by atoms with Crippen molar-refractivity contribution in [3.8, 4) is 0 Å².